The molecular formula is C6H16S4. The van der Waals surface area contributed by atoms with Crippen molar-refractivity contribution in [3.05, 3.63) is 0 Å². The molecule has 0 aliphatic rings. The lowest BCUT2D eigenvalue weighted by atomic mass is 10.6. The summed E-state index contributed by atoms with van der Waals surface area (Å²) >= 11 is 15.8. The molecule has 0 aliphatic carbocycles. The van der Waals surface area contributed by atoms with Crippen LogP contribution in [0.15, 0.2) is 0 Å². The molecule has 0 atom stereocenters. The van der Waals surface area contributed by atoms with Gasteiger partial charge in [0.15, 0.2) is 0 Å². The van der Waals surface area contributed by atoms with Gasteiger partial charge >= 0.3 is 0 Å². The Bertz CT molecular complexity index is 45.0. The smallest absolute Gasteiger partial charge is 0.0439 e. The predicted molar refractivity (Wildman–Crippen MR) is 64.4 cm³/mol. The summed E-state index contributed by atoms with van der Waals surface area (Å²) < 4.78 is 0.273. The van der Waals surface area contributed by atoms with E-state index in [1.165, 1.54) is 0 Å². The minimum atomic E-state index is 0.273. The summed E-state index contributed by atoms with van der Waals surface area (Å²) in [7, 11) is 0. The van der Waals surface area contributed by atoms with Crippen molar-refractivity contribution in [3.63, 3.8) is 0 Å². The van der Waals surface area contributed by atoms with Gasteiger partial charge in [-0.25, -0.2) is 0 Å². The van der Waals surface area contributed by atoms with Gasteiger partial charge in [0, 0.05) is 4.58 Å². The Morgan fingerprint density at radius 1 is 1.10 bits per heavy atom. The van der Waals surface area contributed by atoms with Gasteiger partial charge in [-0.1, -0.05) is 6.92 Å². The van der Waals surface area contributed by atoms with Crippen LogP contribution in [-0.4, -0.2) is 16.1 Å². The van der Waals surface area contributed by atoms with E-state index in [0.717, 1.165) is 24.3 Å². The van der Waals surface area contributed by atoms with E-state index in [2.05, 4.69) is 50.5 Å². The Morgan fingerprint density at radius 2 is 1.40 bits per heavy atom. The Labute approximate surface area is 86.2 Å². The van der Waals surface area contributed by atoms with Gasteiger partial charge in [0.2, 0.25) is 0 Å². The van der Waals surface area contributed by atoms with Crippen molar-refractivity contribution in [1.82, 2.24) is 0 Å². The molecule has 64 valence electrons. The van der Waals surface area contributed by atoms with Gasteiger partial charge in [-0.15, -0.1) is 0 Å². The molecule has 4 heteroatoms. The van der Waals surface area contributed by atoms with E-state index >= 15 is 0 Å². The van der Waals surface area contributed by atoms with Gasteiger partial charge in [-0.2, -0.15) is 50.5 Å². The van der Waals surface area contributed by atoms with Gasteiger partial charge < -0.3 is 0 Å². The number of hydrogen-bond acceptors (Lipinski definition) is 4. The fraction of sp³-hybridized carbons (Fsp3) is 1.00. The van der Waals surface area contributed by atoms with Gasteiger partial charge in [-0.3, -0.25) is 0 Å². The molecule has 0 aliphatic heterocycles. The first-order chi connectivity index (χ1) is 4.68. The maximum atomic E-state index is 3.96. The standard InChI is InChI=1S/2C3H8S2/c1-2-3(4)5;4-2-1-3-5/h3-5H,2H2,1H3;4-5H,1-3H2. The Balaban J connectivity index is 0. The zero-order chi connectivity index (χ0) is 8.41. The third kappa shape index (κ3) is 22.7. The summed E-state index contributed by atoms with van der Waals surface area (Å²) in [5.74, 6) is 1.92. The summed E-state index contributed by atoms with van der Waals surface area (Å²) in [6, 6.07) is 0. The molecule has 0 nitrogen and oxygen atoms in total. The number of thiol groups is 4. The summed E-state index contributed by atoms with van der Waals surface area (Å²) in [4.78, 5) is 0. The van der Waals surface area contributed by atoms with Crippen LogP contribution in [0.5, 0.6) is 0 Å². The van der Waals surface area contributed by atoms with Crippen LogP contribution in [0.1, 0.15) is 19.8 Å². The molecule has 0 spiro atoms. The Kier molecular flexibility index (Phi) is 18.2. The fourth-order valence-electron chi connectivity index (χ4n) is 0.0707. The molecule has 0 unspecified atom stereocenters. The Hall–Kier alpha value is 1.40. The van der Waals surface area contributed by atoms with E-state index in [4.69, 9.17) is 0 Å². The van der Waals surface area contributed by atoms with Crippen molar-refractivity contribution in [2.45, 2.75) is 24.3 Å². The molecule has 0 rings (SSSR count). The summed E-state index contributed by atoms with van der Waals surface area (Å²) in [5, 5.41) is 0. The topological polar surface area (TPSA) is 0 Å². The van der Waals surface area contributed by atoms with Crippen LogP contribution in [0.2, 0.25) is 0 Å². The highest BCUT2D eigenvalue weighted by Crippen LogP contribution is 2.01. The van der Waals surface area contributed by atoms with E-state index in [0.29, 0.717) is 0 Å². The monoisotopic (exact) mass is 216 g/mol. The molecule has 0 aromatic heterocycles. The van der Waals surface area contributed by atoms with Crippen LogP contribution in [0.25, 0.3) is 0 Å². The zero-order valence-electron chi connectivity index (χ0n) is 6.19. The van der Waals surface area contributed by atoms with Crippen molar-refractivity contribution >= 4 is 50.5 Å². The van der Waals surface area contributed by atoms with Gasteiger partial charge in [0.25, 0.3) is 0 Å². The van der Waals surface area contributed by atoms with Crippen molar-refractivity contribution < 1.29 is 0 Å². The SMILES string of the molecule is CCC(S)S.SCCCS. The first kappa shape index (κ1) is 14.0. The van der Waals surface area contributed by atoms with Gasteiger partial charge in [0.05, 0.1) is 0 Å². The molecule has 0 N–H and O–H groups in total. The van der Waals surface area contributed by atoms with Crippen LogP contribution < -0.4 is 0 Å². The fourth-order valence-corrected chi connectivity index (χ4v) is 0.636. The molecule has 0 fully saturated rings. The molecule has 0 radical (unpaired) electrons. The molecular weight excluding hydrogens is 200 g/mol. The molecule has 0 aromatic rings. The summed E-state index contributed by atoms with van der Waals surface area (Å²) in [6.07, 6.45) is 2.15. The minimum absolute atomic E-state index is 0.273. The van der Waals surface area contributed by atoms with E-state index in [9.17, 15) is 0 Å². The second-order valence-electron chi connectivity index (χ2n) is 1.69. The molecule has 0 saturated carbocycles. The van der Waals surface area contributed by atoms with E-state index in [1.54, 1.807) is 0 Å². The quantitative estimate of drug-likeness (QED) is 0.405. The van der Waals surface area contributed by atoms with E-state index in [1.807, 2.05) is 6.92 Å². The molecule has 0 heterocycles. The zero-order valence-corrected chi connectivity index (χ0v) is 9.77. The number of hydrogen-bond donors (Lipinski definition) is 4. The molecule has 0 amide bonds. The lowest BCUT2D eigenvalue weighted by molar-refractivity contribution is 1.07. The van der Waals surface area contributed by atoms with E-state index in [-0.39, 0.29) is 4.58 Å². The third-order valence-corrected chi connectivity index (χ3v) is 2.04. The number of rotatable bonds is 3. The molecule has 0 bridgehead atoms. The average molecular weight is 216 g/mol. The molecule has 10 heavy (non-hydrogen) atoms. The average Bonchev–Trinajstić information content (AvgIpc) is 1.91. The van der Waals surface area contributed by atoms with Crippen LogP contribution in [0.4, 0.5) is 0 Å². The van der Waals surface area contributed by atoms with Crippen LogP contribution >= 0.6 is 50.5 Å². The maximum absolute atomic E-state index is 3.96. The van der Waals surface area contributed by atoms with Gasteiger partial charge in [-0.05, 0) is 24.3 Å². The van der Waals surface area contributed by atoms with Crippen molar-refractivity contribution in [3.8, 4) is 0 Å². The lowest BCUT2D eigenvalue weighted by Crippen LogP contribution is -1.76. The summed E-state index contributed by atoms with van der Waals surface area (Å²) in [5.41, 5.74) is 0. The highest BCUT2D eigenvalue weighted by molar-refractivity contribution is 7.99. The van der Waals surface area contributed by atoms with Crippen LogP contribution in [0, 0.1) is 0 Å². The van der Waals surface area contributed by atoms with Crippen molar-refractivity contribution in [2.75, 3.05) is 11.5 Å². The highest BCUT2D eigenvalue weighted by Gasteiger charge is 1.82. The van der Waals surface area contributed by atoms with Crippen molar-refractivity contribution in [1.29, 1.82) is 0 Å². The Morgan fingerprint density at radius 3 is 1.40 bits per heavy atom. The second kappa shape index (κ2) is 13.0. The van der Waals surface area contributed by atoms with Crippen LogP contribution in [-0.2, 0) is 0 Å². The predicted octanol–water partition coefficient (Wildman–Crippen LogP) is 2.82. The molecule has 0 aromatic carbocycles. The van der Waals surface area contributed by atoms with Crippen molar-refractivity contribution in [2.24, 2.45) is 0 Å². The normalized spacial score (nSPS) is 9.00. The first-order valence-electron chi connectivity index (χ1n) is 3.26. The largest absolute Gasteiger partial charge is 0.179 e. The van der Waals surface area contributed by atoms with Gasteiger partial charge in [0.1, 0.15) is 0 Å². The lowest BCUT2D eigenvalue weighted by Gasteiger charge is -1.89. The third-order valence-electron chi connectivity index (χ3n) is 0.681. The first-order valence-corrected chi connectivity index (χ1v) is 5.56. The highest BCUT2D eigenvalue weighted by atomic mass is 32.2. The summed E-state index contributed by atoms with van der Waals surface area (Å²) in [6.45, 7) is 2.05. The minimum Gasteiger partial charge on any atom is -0.179 e. The second-order valence-corrected chi connectivity index (χ2v) is 4.24. The molecule has 0 saturated heterocycles. The maximum Gasteiger partial charge on any atom is 0.0439 e. The van der Waals surface area contributed by atoms with Crippen LogP contribution in [0.3, 0.4) is 0 Å². The van der Waals surface area contributed by atoms with E-state index < -0.39 is 0 Å².